The third kappa shape index (κ3) is 4.84. The summed E-state index contributed by atoms with van der Waals surface area (Å²) in [5.74, 6) is -0.624. The van der Waals surface area contributed by atoms with Gasteiger partial charge in [-0.25, -0.2) is 4.39 Å². The minimum absolute atomic E-state index is 0.213. The molecule has 0 spiro atoms. The number of amides is 1. The molecule has 0 aliphatic carbocycles. The molecule has 18 heavy (non-hydrogen) atoms. The lowest BCUT2D eigenvalue weighted by Crippen LogP contribution is -2.35. The van der Waals surface area contributed by atoms with Crippen molar-refractivity contribution >= 4 is 11.6 Å². The van der Waals surface area contributed by atoms with Crippen LogP contribution in [0.25, 0.3) is 0 Å². The molecule has 100 valence electrons. The first-order valence-electron chi connectivity index (χ1n) is 6.45. The monoisotopic (exact) mass is 252 g/mol. The van der Waals surface area contributed by atoms with Gasteiger partial charge in [-0.05, 0) is 25.0 Å². The van der Waals surface area contributed by atoms with E-state index in [-0.39, 0.29) is 18.1 Å². The van der Waals surface area contributed by atoms with Gasteiger partial charge < -0.3 is 10.6 Å². The number of halogens is 1. The van der Waals surface area contributed by atoms with E-state index in [2.05, 4.69) is 24.5 Å². The Morgan fingerprint density at radius 3 is 2.67 bits per heavy atom. The highest BCUT2D eigenvalue weighted by atomic mass is 19.1. The third-order valence-electron chi connectivity index (χ3n) is 2.83. The maximum Gasteiger partial charge on any atom is 0.238 e. The van der Waals surface area contributed by atoms with Crippen LogP contribution in [-0.2, 0) is 4.79 Å². The van der Waals surface area contributed by atoms with Gasteiger partial charge in [0.25, 0.3) is 0 Å². The maximum absolute atomic E-state index is 13.3. The summed E-state index contributed by atoms with van der Waals surface area (Å²) in [5.41, 5.74) is 0.229. The Morgan fingerprint density at radius 1 is 1.33 bits per heavy atom. The molecule has 1 rings (SSSR count). The fourth-order valence-corrected chi connectivity index (χ4v) is 1.79. The second kappa shape index (κ2) is 7.82. The summed E-state index contributed by atoms with van der Waals surface area (Å²) in [6, 6.07) is 6.52. The normalized spacial score (nSPS) is 12.2. The summed E-state index contributed by atoms with van der Waals surface area (Å²) >= 11 is 0. The van der Waals surface area contributed by atoms with Crippen LogP contribution in [0.4, 0.5) is 10.1 Å². The number of carbonyl (C=O) groups is 1. The minimum atomic E-state index is -0.411. The second-order valence-electron chi connectivity index (χ2n) is 4.30. The van der Waals surface area contributed by atoms with Gasteiger partial charge >= 0.3 is 0 Å². The van der Waals surface area contributed by atoms with E-state index in [1.807, 2.05) is 0 Å². The van der Waals surface area contributed by atoms with Crippen LogP contribution in [0.2, 0.25) is 0 Å². The number of carbonyl (C=O) groups excluding carboxylic acids is 1. The summed E-state index contributed by atoms with van der Waals surface area (Å²) in [6.07, 6.45) is 3.12. The number of nitrogens with one attached hydrogen (secondary N) is 2. The van der Waals surface area contributed by atoms with Crippen molar-refractivity contribution in [2.75, 3.05) is 11.9 Å². The molecule has 1 atom stereocenters. The van der Waals surface area contributed by atoms with Crippen LogP contribution in [0.15, 0.2) is 24.3 Å². The van der Waals surface area contributed by atoms with Gasteiger partial charge in [-0.2, -0.15) is 0 Å². The van der Waals surface area contributed by atoms with Crippen LogP contribution in [0.1, 0.15) is 33.1 Å². The van der Waals surface area contributed by atoms with E-state index in [4.69, 9.17) is 0 Å². The zero-order valence-corrected chi connectivity index (χ0v) is 11.0. The SMILES string of the molecule is CCCC(CC)NCC(=O)Nc1ccccc1F. The van der Waals surface area contributed by atoms with Gasteiger partial charge in [-0.15, -0.1) is 0 Å². The minimum Gasteiger partial charge on any atom is -0.322 e. The first kappa shape index (κ1) is 14.6. The molecular formula is C14H21FN2O. The van der Waals surface area contributed by atoms with Crippen molar-refractivity contribution in [3.05, 3.63) is 30.1 Å². The van der Waals surface area contributed by atoms with Gasteiger partial charge in [-0.3, -0.25) is 4.79 Å². The van der Waals surface area contributed by atoms with Crippen molar-refractivity contribution in [1.29, 1.82) is 0 Å². The van der Waals surface area contributed by atoms with Crippen molar-refractivity contribution in [3.8, 4) is 0 Å². The van der Waals surface area contributed by atoms with Crippen LogP contribution in [-0.4, -0.2) is 18.5 Å². The summed E-state index contributed by atoms with van der Waals surface area (Å²) in [7, 11) is 0. The predicted molar refractivity (Wildman–Crippen MR) is 72.0 cm³/mol. The lowest BCUT2D eigenvalue weighted by Gasteiger charge is -2.15. The Bertz CT molecular complexity index is 382. The van der Waals surface area contributed by atoms with E-state index in [1.165, 1.54) is 6.07 Å². The van der Waals surface area contributed by atoms with Gasteiger partial charge in [0.05, 0.1) is 12.2 Å². The third-order valence-corrected chi connectivity index (χ3v) is 2.83. The molecule has 0 aromatic heterocycles. The van der Waals surface area contributed by atoms with Crippen molar-refractivity contribution in [3.63, 3.8) is 0 Å². The van der Waals surface area contributed by atoms with E-state index in [0.717, 1.165) is 19.3 Å². The molecule has 1 amide bonds. The summed E-state index contributed by atoms with van der Waals surface area (Å²) < 4.78 is 13.3. The number of hydrogen-bond donors (Lipinski definition) is 2. The van der Waals surface area contributed by atoms with E-state index in [0.29, 0.717) is 6.04 Å². The smallest absolute Gasteiger partial charge is 0.238 e. The Labute approximate surface area is 108 Å². The molecule has 3 nitrogen and oxygen atoms in total. The molecule has 1 aromatic carbocycles. The lowest BCUT2D eigenvalue weighted by molar-refractivity contribution is -0.115. The molecule has 1 aromatic rings. The Kier molecular flexibility index (Phi) is 6.36. The van der Waals surface area contributed by atoms with Gasteiger partial charge in [0, 0.05) is 6.04 Å². The summed E-state index contributed by atoms with van der Waals surface area (Å²) in [4.78, 5) is 11.6. The predicted octanol–water partition coefficient (Wildman–Crippen LogP) is 2.93. The van der Waals surface area contributed by atoms with E-state index in [1.54, 1.807) is 18.2 Å². The first-order chi connectivity index (χ1) is 8.67. The highest BCUT2D eigenvalue weighted by Crippen LogP contribution is 2.11. The molecule has 0 bridgehead atoms. The number of anilines is 1. The summed E-state index contributed by atoms with van der Waals surface area (Å²) in [6.45, 7) is 4.42. The number of rotatable bonds is 7. The maximum atomic E-state index is 13.3. The van der Waals surface area contributed by atoms with Crippen molar-refractivity contribution in [2.24, 2.45) is 0 Å². The molecule has 2 N–H and O–H groups in total. The van der Waals surface area contributed by atoms with E-state index in [9.17, 15) is 9.18 Å². The fourth-order valence-electron chi connectivity index (χ4n) is 1.79. The highest BCUT2D eigenvalue weighted by Gasteiger charge is 2.09. The van der Waals surface area contributed by atoms with Crippen molar-refractivity contribution in [1.82, 2.24) is 5.32 Å². The Hall–Kier alpha value is -1.42. The lowest BCUT2D eigenvalue weighted by atomic mass is 10.1. The van der Waals surface area contributed by atoms with Crippen LogP contribution >= 0.6 is 0 Å². The molecule has 0 radical (unpaired) electrons. The number of benzene rings is 1. The quantitative estimate of drug-likeness (QED) is 0.783. The zero-order chi connectivity index (χ0) is 13.4. The molecule has 1 unspecified atom stereocenters. The molecule has 0 saturated carbocycles. The highest BCUT2D eigenvalue weighted by molar-refractivity contribution is 5.92. The van der Waals surface area contributed by atoms with Crippen LogP contribution in [0.3, 0.4) is 0 Å². The zero-order valence-electron chi connectivity index (χ0n) is 11.0. The molecule has 0 aliphatic rings. The topological polar surface area (TPSA) is 41.1 Å². The van der Waals surface area contributed by atoms with Crippen LogP contribution in [0.5, 0.6) is 0 Å². The first-order valence-corrected chi connectivity index (χ1v) is 6.45. The van der Waals surface area contributed by atoms with Crippen molar-refractivity contribution < 1.29 is 9.18 Å². The van der Waals surface area contributed by atoms with E-state index < -0.39 is 5.82 Å². The average Bonchev–Trinajstić information content (AvgIpc) is 2.37. The second-order valence-corrected chi connectivity index (χ2v) is 4.30. The Balaban J connectivity index is 2.40. The van der Waals surface area contributed by atoms with Gasteiger partial charge in [0.1, 0.15) is 5.82 Å². The van der Waals surface area contributed by atoms with Crippen LogP contribution < -0.4 is 10.6 Å². The van der Waals surface area contributed by atoms with Crippen molar-refractivity contribution in [2.45, 2.75) is 39.2 Å². The fraction of sp³-hybridized carbons (Fsp3) is 0.500. The molecule has 4 heteroatoms. The van der Waals surface area contributed by atoms with Gasteiger partial charge in [-0.1, -0.05) is 32.4 Å². The van der Waals surface area contributed by atoms with Crippen LogP contribution in [0, 0.1) is 5.82 Å². The van der Waals surface area contributed by atoms with Gasteiger partial charge in [0.2, 0.25) is 5.91 Å². The molecule has 0 fully saturated rings. The van der Waals surface area contributed by atoms with Gasteiger partial charge in [0.15, 0.2) is 0 Å². The largest absolute Gasteiger partial charge is 0.322 e. The Morgan fingerprint density at radius 2 is 2.06 bits per heavy atom. The van der Waals surface area contributed by atoms with E-state index >= 15 is 0 Å². The average molecular weight is 252 g/mol. The molecular weight excluding hydrogens is 231 g/mol. The molecule has 0 aliphatic heterocycles. The number of para-hydroxylation sites is 1. The molecule has 0 saturated heterocycles. The summed E-state index contributed by atoms with van der Waals surface area (Å²) in [5, 5.41) is 5.73. The standard InChI is InChI=1S/C14H21FN2O/c1-3-7-11(4-2)16-10-14(18)17-13-9-6-5-8-12(13)15/h5-6,8-9,11,16H,3-4,7,10H2,1-2H3,(H,17,18). The number of hydrogen-bond acceptors (Lipinski definition) is 2. The molecule has 0 heterocycles.